The van der Waals surface area contributed by atoms with Crippen molar-refractivity contribution < 1.29 is 14.0 Å². The van der Waals surface area contributed by atoms with Crippen molar-refractivity contribution in [3.05, 3.63) is 36.0 Å². The normalized spacial score (nSPS) is 15.7. The molecule has 4 N–H and O–H groups in total. The van der Waals surface area contributed by atoms with Crippen LogP contribution in [0.2, 0.25) is 0 Å². The Hall–Kier alpha value is -1.81. The van der Waals surface area contributed by atoms with E-state index in [1.807, 2.05) is 0 Å². The number of para-hydroxylation sites is 1. The molecular formula is C11H12N2O2. The molecule has 15 heavy (non-hydrogen) atoms. The van der Waals surface area contributed by atoms with E-state index in [0.717, 1.165) is 0 Å². The van der Waals surface area contributed by atoms with Crippen LogP contribution in [0.25, 0.3) is 10.9 Å². The molecule has 4 nitrogen and oxygen atoms in total. The van der Waals surface area contributed by atoms with Gasteiger partial charge in [0.2, 0.25) is 0 Å². The quantitative estimate of drug-likeness (QED) is 0.705. The van der Waals surface area contributed by atoms with Gasteiger partial charge in [0, 0.05) is 23.5 Å². The van der Waals surface area contributed by atoms with E-state index in [1.165, 1.54) is 12.1 Å². The number of fused-ring (bicyclic) bond motifs is 1. The Morgan fingerprint density at radius 2 is 2.33 bits per heavy atom. The summed E-state index contributed by atoms with van der Waals surface area (Å²) in [5.74, 6) is -1.13. The molecule has 2 aromatic rings. The number of aromatic amines is 1. The zero-order valence-corrected chi connectivity index (χ0v) is 7.87. The fourth-order valence-corrected chi connectivity index (χ4v) is 1.41. The zero-order valence-electron chi connectivity index (χ0n) is 10.9. The molecule has 0 spiro atoms. The Bertz CT molecular complexity index is 624. The lowest BCUT2D eigenvalue weighted by atomic mass is 10.1. The summed E-state index contributed by atoms with van der Waals surface area (Å²) in [6.07, 6.45) is 0.0945. The molecular weight excluding hydrogens is 192 g/mol. The van der Waals surface area contributed by atoms with E-state index in [1.54, 1.807) is 0 Å². The summed E-state index contributed by atoms with van der Waals surface area (Å²) in [5.41, 5.74) is 6.47. The Morgan fingerprint density at radius 3 is 3.07 bits per heavy atom. The Morgan fingerprint density at radius 1 is 1.60 bits per heavy atom. The van der Waals surface area contributed by atoms with Crippen LogP contribution < -0.4 is 5.73 Å². The summed E-state index contributed by atoms with van der Waals surface area (Å²) < 4.78 is 22.8. The van der Waals surface area contributed by atoms with Crippen molar-refractivity contribution in [1.29, 1.82) is 0 Å². The standard InChI is InChI=1S/C11H12N2O2/c12-9(11(14)15)5-7-6-13-10-4-2-1-3-8(7)10/h1-4,6,9,13H,5,12H2,(H,14,15)/t9-/m0/s1/i1D,2D,6D. The number of carboxylic acids is 1. The van der Waals surface area contributed by atoms with Gasteiger partial charge in [-0.15, -0.1) is 0 Å². The van der Waals surface area contributed by atoms with E-state index in [-0.39, 0.29) is 24.7 Å². The first-order valence-electron chi connectivity index (χ1n) is 5.97. The number of aliphatic carboxylic acids is 1. The highest BCUT2D eigenvalue weighted by atomic mass is 16.4. The molecule has 0 bridgehead atoms. The third-order valence-electron chi connectivity index (χ3n) is 2.22. The van der Waals surface area contributed by atoms with E-state index >= 15 is 0 Å². The second-order valence-electron chi connectivity index (χ2n) is 3.28. The predicted octanol–water partition coefficient (Wildman–Crippen LogP) is 1.12. The van der Waals surface area contributed by atoms with Crippen molar-refractivity contribution in [2.75, 3.05) is 0 Å². The molecule has 1 aromatic heterocycles. The van der Waals surface area contributed by atoms with Crippen LogP contribution in [-0.4, -0.2) is 22.1 Å². The van der Waals surface area contributed by atoms with Gasteiger partial charge in [-0.2, -0.15) is 0 Å². The van der Waals surface area contributed by atoms with Crippen molar-refractivity contribution in [2.45, 2.75) is 12.5 Å². The van der Waals surface area contributed by atoms with Crippen LogP contribution in [0, 0.1) is 0 Å². The van der Waals surface area contributed by atoms with Gasteiger partial charge in [0.25, 0.3) is 0 Å². The van der Waals surface area contributed by atoms with Gasteiger partial charge >= 0.3 is 5.97 Å². The highest BCUT2D eigenvalue weighted by Gasteiger charge is 2.14. The van der Waals surface area contributed by atoms with E-state index in [4.69, 9.17) is 15.0 Å². The van der Waals surface area contributed by atoms with Crippen molar-refractivity contribution >= 4 is 16.9 Å². The highest BCUT2D eigenvalue weighted by molar-refractivity contribution is 5.84. The van der Waals surface area contributed by atoms with Crippen LogP contribution in [0.1, 0.15) is 9.68 Å². The van der Waals surface area contributed by atoms with Crippen molar-refractivity contribution in [1.82, 2.24) is 4.98 Å². The fourth-order valence-electron chi connectivity index (χ4n) is 1.41. The Balaban J connectivity index is 2.53. The number of carboxylic acid groups (broad SMARTS) is 1. The summed E-state index contributed by atoms with van der Waals surface area (Å²) in [4.78, 5) is 13.5. The third-order valence-corrected chi connectivity index (χ3v) is 2.22. The number of nitrogens with two attached hydrogens (primary N) is 1. The highest BCUT2D eigenvalue weighted by Crippen LogP contribution is 2.18. The first-order chi connectivity index (χ1) is 8.40. The molecule has 0 aliphatic heterocycles. The van der Waals surface area contributed by atoms with Gasteiger partial charge in [-0.1, -0.05) is 18.2 Å². The molecule has 0 radical (unpaired) electrons. The van der Waals surface area contributed by atoms with E-state index in [0.29, 0.717) is 16.5 Å². The molecule has 0 saturated carbocycles. The summed E-state index contributed by atoms with van der Waals surface area (Å²) >= 11 is 0. The number of H-pyrrole nitrogens is 1. The molecule has 0 aliphatic rings. The van der Waals surface area contributed by atoms with Crippen LogP contribution in [0.5, 0.6) is 0 Å². The number of nitrogens with one attached hydrogen (secondary N) is 1. The Labute approximate surface area is 90.9 Å². The number of carbonyl (C=O) groups is 1. The lowest BCUT2D eigenvalue weighted by Crippen LogP contribution is -2.32. The molecule has 0 unspecified atom stereocenters. The number of aromatic nitrogens is 1. The molecule has 1 aromatic carbocycles. The van der Waals surface area contributed by atoms with Crippen LogP contribution in [0.4, 0.5) is 0 Å². The molecule has 0 aliphatic carbocycles. The second-order valence-corrected chi connectivity index (χ2v) is 3.28. The molecule has 0 fully saturated rings. The van der Waals surface area contributed by atoms with Gasteiger partial charge in [-0.05, 0) is 11.6 Å². The third kappa shape index (κ3) is 1.85. The number of hydrogen-bond donors (Lipinski definition) is 3. The first kappa shape index (κ1) is 6.63. The van der Waals surface area contributed by atoms with Crippen LogP contribution >= 0.6 is 0 Å². The van der Waals surface area contributed by atoms with Gasteiger partial charge in [-0.3, -0.25) is 4.79 Å². The summed E-state index contributed by atoms with van der Waals surface area (Å²) in [6, 6.07) is 1.91. The Kier molecular flexibility index (Phi) is 1.66. The van der Waals surface area contributed by atoms with Gasteiger partial charge in [-0.25, -0.2) is 0 Å². The molecule has 2 rings (SSSR count). The summed E-state index contributed by atoms with van der Waals surface area (Å²) in [7, 11) is 0. The molecule has 0 amide bonds. The number of benzene rings is 1. The average Bonchev–Trinajstić information content (AvgIpc) is 2.56. The lowest BCUT2D eigenvalue weighted by Gasteiger charge is -2.04. The molecule has 4 heteroatoms. The zero-order chi connectivity index (χ0) is 13.4. The fraction of sp³-hybridized carbons (Fsp3) is 0.182. The second kappa shape index (κ2) is 3.74. The maximum Gasteiger partial charge on any atom is 0.320 e. The predicted molar refractivity (Wildman–Crippen MR) is 57.6 cm³/mol. The van der Waals surface area contributed by atoms with Crippen molar-refractivity contribution in [3.8, 4) is 0 Å². The van der Waals surface area contributed by atoms with Gasteiger partial charge in [0.05, 0.1) is 4.11 Å². The van der Waals surface area contributed by atoms with Gasteiger partial charge in [0.1, 0.15) is 6.04 Å². The first-order valence-corrected chi connectivity index (χ1v) is 4.47. The minimum absolute atomic E-state index is 0.0188. The maximum atomic E-state index is 10.7. The van der Waals surface area contributed by atoms with Crippen molar-refractivity contribution in [3.63, 3.8) is 0 Å². The van der Waals surface area contributed by atoms with Gasteiger partial charge in [0.15, 0.2) is 0 Å². The van der Waals surface area contributed by atoms with E-state index in [9.17, 15) is 4.79 Å². The minimum atomic E-state index is -1.13. The maximum absolute atomic E-state index is 10.7. The average molecular weight is 207 g/mol. The minimum Gasteiger partial charge on any atom is -0.480 e. The SMILES string of the molecule is [2H]c1cc2[nH]c([2H])c(C[C@H](N)C(=O)O)c2cc1[2H]. The smallest absolute Gasteiger partial charge is 0.320 e. The van der Waals surface area contributed by atoms with Crippen LogP contribution in [0.15, 0.2) is 30.4 Å². The largest absolute Gasteiger partial charge is 0.480 e. The number of rotatable bonds is 3. The molecule has 0 saturated heterocycles. The molecule has 1 atom stereocenters. The van der Waals surface area contributed by atoms with Gasteiger partial charge < -0.3 is 15.8 Å². The van der Waals surface area contributed by atoms with E-state index in [2.05, 4.69) is 4.98 Å². The van der Waals surface area contributed by atoms with Crippen LogP contribution in [-0.2, 0) is 11.2 Å². The molecule has 1 heterocycles. The summed E-state index contributed by atoms with van der Waals surface area (Å²) in [6.45, 7) is 0. The topological polar surface area (TPSA) is 79.1 Å². The summed E-state index contributed by atoms with van der Waals surface area (Å²) in [5, 5.41) is 9.36. The van der Waals surface area contributed by atoms with Crippen LogP contribution in [0.3, 0.4) is 0 Å². The monoisotopic (exact) mass is 207 g/mol. The lowest BCUT2D eigenvalue weighted by molar-refractivity contribution is -0.138. The van der Waals surface area contributed by atoms with E-state index < -0.39 is 12.0 Å². The molecule has 78 valence electrons. The van der Waals surface area contributed by atoms with Crippen molar-refractivity contribution in [2.24, 2.45) is 5.73 Å². The number of hydrogen-bond acceptors (Lipinski definition) is 2.